The first-order valence-corrected chi connectivity index (χ1v) is 7.17. The Labute approximate surface area is 115 Å². The van der Waals surface area contributed by atoms with Crippen molar-refractivity contribution in [2.24, 2.45) is 7.05 Å². The van der Waals surface area contributed by atoms with Gasteiger partial charge >= 0.3 is 0 Å². The first-order valence-electron chi connectivity index (χ1n) is 7.17. The normalized spacial score (nSPS) is 17.5. The number of piperidine rings is 1. The van der Waals surface area contributed by atoms with Gasteiger partial charge < -0.3 is 10.2 Å². The van der Waals surface area contributed by atoms with Crippen LogP contribution < -0.4 is 5.32 Å². The lowest BCUT2D eigenvalue weighted by atomic mass is 10.1. The standard InChI is InChI=1S/C14H24N4O/c1-12(14(19)18-9-4-3-5-10-18)15-8-6-13-7-11-17(2)16-13/h7,11-12,15H,3-6,8-10H2,1-2H3. The number of aromatic nitrogens is 2. The summed E-state index contributed by atoms with van der Waals surface area (Å²) in [5, 5.41) is 7.62. The number of carbonyl (C=O) groups is 1. The summed E-state index contributed by atoms with van der Waals surface area (Å²) in [6.45, 7) is 4.59. The van der Waals surface area contributed by atoms with Crippen molar-refractivity contribution in [1.82, 2.24) is 20.0 Å². The molecular weight excluding hydrogens is 240 g/mol. The molecule has 1 fully saturated rings. The van der Waals surface area contributed by atoms with E-state index in [9.17, 15) is 4.79 Å². The van der Waals surface area contributed by atoms with Crippen molar-refractivity contribution < 1.29 is 4.79 Å². The van der Waals surface area contributed by atoms with Crippen LogP contribution in [0, 0.1) is 0 Å². The van der Waals surface area contributed by atoms with Gasteiger partial charge in [0.05, 0.1) is 11.7 Å². The summed E-state index contributed by atoms with van der Waals surface area (Å²) < 4.78 is 1.80. The van der Waals surface area contributed by atoms with E-state index in [0.29, 0.717) is 0 Å². The third-order valence-electron chi connectivity index (χ3n) is 3.64. The second kappa shape index (κ2) is 6.70. The topological polar surface area (TPSA) is 50.2 Å². The average Bonchev–Trinajstić information content (AvgIpc) is 2.84. The number of likely N-dealkylation sites (tertiary alicyclic amines) is 1. The summed E-state index contributed by atoms with van der Waals surface area (Å²) in [6.07, 6.45) is 6.35. The minimum Gasteiger partial charge on any atom is -0.341 e. The molecule has 1 saturated heterocycles. The van der Waals surface area contributed by atoms with E-state index in [1.165, 1.54) is 6.42 Å². The van der Waals surface area contributed by atoms with Crippen molar-refractivity contribution in [2.45, 2.75) is 38.6 Å². The van der Waals surface area contributed by atoms with E-state index in [1.54, 1.807) is 4.68 Å². The van der Waals surface area contributed by atoms with Gasteiger partial charge in [-0.05, 0) is 32.3 Å². The van der Waals surface area contributed by atoms with Crippen LogP contribution in [-0.2, 0) is 18.3 Å². The van der Waals surface area contributed by atoms with Crippen LogP contribution >= 0.6 is 0 Å². The number of nitrogens with one attached hydrogen (secondary N) is 1. The van der Waals surface area contributed by atoms with Crippen LogP contribution in [0.2, 0.25) is 0 Å². The Morgan fingerprint density at radius 3 is 2.79 bits per heavy atom. The molecule has 1 aliphatic rings. The van der Waals surface area contributed by atoms with E-state index in [4.69, 9.17) is 0 Å². The highest BCUT2D eigenvalue weighted by molar-refractivity contribution is 5.81. The fourth-order valence-corrected chi connectivity index (χ4v) is 2.49. The van der Waals surface area contributed by atoms with Crippen molar-refractivity contribution >= 4 is 5.91 Å². The maximum absolute atomic E-state index is 12.2. The Kier molecular flexibility index (Phi) is 4.96. The van der Waals surface area contributed by atoms with Crippen molar-refractivity contribution in [3.05, 3.63) is 18.0 Å². The molecule has 0 saturated carbocycles. The van der Waals surface area contributed by atoms with Gasteiger partial charge in [-0.15, -0.1) is 0 Å². The smallest absolute Gasteiger partial charge is 0.239 e. The zero-order chi connectivity index (χ0) is 13.7. The number of carbonyl (C=O) groups excluding carboxylic acids is 1. The molecule has 2 heterocycles. The number of hydrogen-bond acceptors (Lipinski definition) is 3. The van der Waals surface area contributed by atoms with Crippen LogP contribution in [0.3, 0.4) is 0 Å². The fraction of sp³-hybridized carbons (Fsp3) is 0.714. The lowest BCUT2D eigenvalue weighted by Crippen LogP contribution is -2.47. The predicted octanol–water partition coefficient (Wildman–Crippen LogP) is 0.953. The van der Waals surface area contributed by atoms with Gasteiger partial charge in [-0.3, -0.25) is 9.48 Å². The molecular formula is C14H24N4O. The lowest BCUT2D eigenvalue weighted by Gasteiger charge is -2.29. The minimum absolute atomic E-state index is 0.0955. The monoisotopic (exact) mass is 264 g/mol. The van der Waals surface area contributed by atoms with E-state index in [1.807, 2.05) is 31.1 Å². The molecule has 1 aliphatic heterocycles. The quantitative estimate of drug-likeness (QED) is 0.861. The van der Waals surface area contributed by atoms with Crippen LogP contribution in [0.5, 0.6) is 0 Å². The Balaban J connectivity index is 1.71. The molecule has 5 heteroatoms. The molecule has 0 bridgehead atoms. The molecule has 1 amide bonds. The third kappa shape index (κ3) is 4.06. The first kappa shape index (κ1) is 14.1. The van der Waals surface area contributed by atoms with Gasteiger partial charge in [0, 0.05) is 39.3 Å². The van der Waals surface area contributed by atoms with Gasteiger partial charge in [0.25, 0.3) is 0 Å². The van der Waals surface area contributed by atoms with Crippen LogP contribution in [0.25, 0.3) is 0 Å². The summed E-state index contributed by atoms with van der Waals surface area (Å²) in [7, 11) is 1.92. The zero-order valence-electron chi connectivity index (χ0n) is 11.9. The number of hydrogen-bond donors (Lipinski definition) is 1. The summed E-state index contributed by atoms with van der Waals surface area (Å²) in [5.41, 5.74) is 1.06. The van der Waals surface area contributed by atoms with Crippen molar-refractivity contribution in [1.29, 1.82) is 0 Å². The number of rotatable bonds is 5. The molecule has 0 radical (unpaired) electrons. The van der Waals surface area contributed by atoms with E-state index in [-0.39, 0.29) is 11.9 Å². The van der Waals surface area contributed by atoms with Gasteiger partial charge in [0.1, 0.15) is 0 Å². The van der Waals surface area contributed by atoms with E-state index < -0.39 is 0 Å². The van der Waals surface area contributed by atoms with Crippen LogP contribution in [0.15, 0.2) is 12.3 Å². The lowest BCUT2D eigenvalue weighted by molar-refractivity contribution is -0.133. The maximum Gasteiger partial charge on any atom is 0.239 e. The summed E-state index contributed by atoms with van der Waals surface area (Å²) >= 11 is 0. The molecule has 1 aromatic heterocycles. The highest BCUT2D eigenvalue weighted by Crippen LogP contribution is 2.09. The van der Waals surface area contributed by atoms with Crippen molar-refractivity contribution in [3.63, 3.8) is 0 Å². The number of aryl methyl sites for hydroxylation is 1. The molecule has 1 unspecified atom stereocenters. The largest absolute Gasteiger partial charge is 0.341 e. The highest BCUT2D eigenvalue weighted by atomic mass is 16.2. The Morgan fingerprint density at radius 2 is 2.16 bits per heavy atom. The molecule has 19 heavy (non-hydrogen) atoms. The van der Waals surface area contributed by atoms with Crippen molar-refractivity contribution in [2.75, 3.05) is 19.6 Å². The predicted molar refractivity (Wildman–Crippen MR) is 74.8 cm³/mol. The van der Waals surface area contributed by atoms with Crippen LogP contribution in [-0.4, -0.2) is 46.3 Å². The molecule has 0 aromatic carbocycles. The molecule has 106 valence electrons. The number of amides is 1. The maximum atomic E-state index is 12.2. The highest BCUT2D eigenvalue weighted by Gasteiger charge is 2.21. The summed E-state index contributed by atoms with van der Waals surface area (Å²) in [5.74, 6) is 0.237. The summed E-state index contributed by atoms with van der Waals surface area (Å²) in [4.78, 5) is 14.2. The van der Waals surface area contributed by atoms with Gasteiger partial charge in [-0.2, -0.15) is 5.10 Å². The van der Waals surface area contributed by atoms with Gasteiger partial charge in [-0.1, -0.05) is 0 Å². The van der Waals surface area contributed by atoms with Gasteiger partial charge in [-0.25, -0.2) is 0 Å². The first-order chi connectivity index (χ1) is 9.16. The van der Waals surface area contributed by atoms with Gasteiger partial charge in [0.15, 0.2) is 0 Å². The molecule has 1 atom stereocenters. The second-order valence-electron chi connectivity index (χ2n) is 5.29. The third-order valence-corrected chi connectivity index (χ3v) is 3.64. The minimum atomic E-state index is -0.0955. The Hall–Kier alpha value is -1.36. The number of nitrogens with zero attached hydrogens (tertiary/aromatic N) is 3. The van der Waals surface area contributed by atoms with Crippen LogP contribution in [0.1, 0.15) is 31.9 Å². The molecule has 1 aromatic rings. The Morgan fingerprint density at radius 1 is 1.42 bits per heavy atom. The SMILES string of the molecule is CC(NCCc1ccn(C)n1)C(=O)N1CCCCC1. The fourth-order valence-electron chi connectivity index (χ4n) is 2.49. The Bertz CT molecular complexity index is 409. The molecule has 5 nitrogen and oxygen atoms in total. The van der Waals surface area contributed by atoms with E-state index in [0.717, 1.165) is 44.6 Å². The van der Waals surface area contributed by atoms with Crippen molar-refractivity contribution in [3.8, 4) is 0 Å². The zero-order valence-corrected chi connectivity index (χ0v) is 11.9. The average molecular weight is 264 g/mol. The van der Waals surface area contributed by atoms with E-state index in [2.05, 4.69) is 10.4 Å². The second-order valence-corrected chi connectivity index (χ2v) is 5.29. The summed E-state index contributed by atoms with van der Waals surface area (Å²) in [6, 6.07) is 1.92. The van der Waals surface area contributed by atoms with E-state index >= 15 is 0 Å². The molecule has 0 aliphatic carbocycles. The molecule has 0 spiro atoms. The van der Waals surface area contributed by atoms with Crippen LogP contribution in [0.4, 0.5) is 0 Å². The molecule has 1 N–H and O–H groups in total. The molecule has 2 rings (SSSR count). The van der Waals surface area contributed by atoms with Gasteiger partial charge in [0.2, 0.25) is 5.91 Å².